The van der Waals surface area contributed by atoms with Gasteiger partial charge in [-0.25, -0.2) is 4.39 Å². The minimum Gasteiger partial charge on any atom is -0.454 e. The summed E-state index contributed by atoms with van der Waals surface area (Å²) in [5, 5.41) is 3.38. The van der Waals surface area contributed by atoms with Crippen molar-refractivity contribution in [3.63, 3.8) is 0 Å². The van der Waals surface area contributed by atoms with E-state index in [2.05, 4.69) is 12.2 Å². The Labute approximate surface area is 123 Å². The fourth-order valence-corrected chi connectivity index (χ4v) is 1.94. The Kier molecular flexibility index (Phi) is 5.39. The van der Waals surface area contributed by atoms with Gasteiger partial charge in [0.05, 0.1) is 5.02 Å². The first-order valence-corrected chi connectivity index (χ1v) is 7.00. The molecule has 0 heterocycles. The smallest absolute Gasteiger partial charge is 0.184 e. The molecule has 0 aliphatic rings. The van der Waals surface area contributed by atoms with Gasteiger partial charge in [-0.15, -0.1) is 0 Å². The average molecular weight is 294 g/mol. The maximum Gasteiger partial charge on any atom is 0.184 e. The van der Waals surface area contributed by atoms with Crippen LogP contribution in [-0.4, -0.2) is 6.54 Å². The van der Waals surface area contributed by atoms with Crippen LogP contribution in [0.2, 0.25) is 5.02 Å². The lowest BCUT2D eigenvalue weighted by atomic mass is 10.2. The predicted octanol–water partition coefficient (Wildman–Crippen LogP) is 4.77. The maximum absolute atomic E-state index is 13.7. The maximum atomic E-state index is 13.7. The summed E-state index contributed by atoms with van der Waals surface area (Å²) in [5.74, 6) is 0.183. The molecule has 2 aromatic rings. The molecule has 0 saturated carbocycles. The number of hydrogen-bond donors (Lipinski definition) is 1. The quantitative estimate of drug-likeness (QED) is 0.775. The second-order valence-corrected chi connectivity index (χ2v) is 4.88. The highest BCUT2D eigenvalue weighted by atomic mass is 35.5. The van der Waals surface area contributed by atoms with Gasteiger partial charge in [0.15, 0.2) is 11.6 Å². The first-order valence-electron chi connectivity index (χ1n) is 6.62. The van der Waals surface area contributed by atoms with Gasteiger partial charge in [-0.3, -0.25) is 0 Å². The summed E-state index contributed by atoms with van der Waals surface area (Å²) >= 11 is 5.71. The highest BCUT2D eigenvalue weighted by Gasteiger charge is 2.08. The van der Waals surface area contributed by atoms with Crippen LogP contribution in [0.5, 0.6) is 11.5 Å². The highest BCUT2D eigenvalue weighted by molar-refractivity contribution is 6.30. The Bertz CT molecular complexity index is 557. The van der Waals surface area contributed by atoms with E-state index in [0.717, 1.165) is 25.1 Å². The topological polar surface area (TPSA) is 21.3 Å². The summed E-state index contributed by atoms with van der Waals surface area (Å²) in [6.07, 6.45) is 1.11. The van der Waals surface area contributed by atoms with Gasteiger partial charge in [0.2, 0.25) is 0 Å². The fraction of sp³-hybridized carbons (Fsp3) is 0.250. The Morgan fingerprint density at radius 1 is 1.15 bits per heavy atom. The predicted molar refractivity (Wildman–Crippen MR) is 79.9 cm³/mol. The standard InChI is InChI=1S/C16H17ClFNO/c1-2-10-19-11-12-6-8-13(9-7-12)20-15-5-3-4-14(17)16(15)18/h3-9,19H,2,10-11H2,1H3. The number of benzene rings is 2. The van der Waals surface area contributed by atoms with Crippen LogP contribution in [0.25, 0.3) is 0 Å². The van der Waals surface area contributed by atoms with Crippen LogP contribution in [-0.2, 0) is 6.54 Å². The second-order valence-electron chi connectivity index (χ2n) is 4.47. The van der Waals surface area contributed by atoms with Gasteiger partial charge in [-0.05, 0) is 42.8 Å². The van der Waals surface area contributed by atoms with Crippen molar-refractivity contribution in [3.8, 4) is 11.5 Å². The molecule has 0 aromatic heterocycles. The number of ether oxygens (including phenoxy) is 1. The summed E-state index contributed by atoms with van der Waals surface area (Å²) in [5.41, 5.74) is 1.16. The summed E-state index contributed by atoms with van der Waals surface area (Å²) in [6, 6.07) is 12.3. The van der Waals surface area contributed by atoms with Crippen molar-refractivity contribution < 1.29 is 9.13 Å². The monoisotopic (exact) mass is 293 g/mol. The molecule has 0 spiro atoms. The van der Waals surface area contributed by atoms with E-state index in [9.17, 15) is 4.39 Å². The third kappa shape index (κ3) is 3.95. The van der Waals surface area contributed by atoms with Crippen molar-refractivity contribution in [3.05, 3.63) is 58.9 Å². The molecule has 2 nitrogen and oxygen atoms in total. The van der Waals surface area contributed by atoms with Crippen LogP contribution in [0.15, 0.2) is 42.5 Å². The number of rotatable bonds is 6. The zero-order valence-electron chi connectivity index (χ0n) is 11.3. The minimum atomic E-state index is -0.539. The molecule has 0 atom stereocenters. The number of nitrogens with one attached hydrogen (secondary N) is 1. The molecule has 0 radical (unpaired) electrons. The van der Waals surface area contributed by atoms with Crippen LogP contribution < -0.4 is 10.1 Å². The zero-order chi connectivity index (χ0) is 14.4. The van der Waals surface area contributed by atoms with Crippen molar-refractivity contribution in [2.45, 2.75) is 19.9 Å². The SMILES string of the molecule is CCCNCc1ccc(Oc2cccc(Cl)c2F)cc1. The molecule has 0 amide bonds. The molecule has 1 N–H and O–H groups in total. The lowest BCUT2D eigenvalue weighted by Gasteiger charge is -2.08. The second kappa shape index (κ2) is 7.27. The summed E-state index contributed by atoms with van der Waals surface area (Å²) in [4.78, 5) is 0. The first kappa shape index (κ1) is 14.8. The Hall–Kier alpha value is -1.58. The zero-order valence-corrected chi connectivity index (χ0v) is 12.1. The third-order valence-electron chi connectivity index (χ3n) is 2.82. The Morgan fingerprint density at radius 3 is 2.60 bits per heavy atom. The van der Waals surface area contributed by atoms with Crippen molar-refractivity contribution >= 4 is 11.6 Å². The van der Waals surface area contributed by atoms with Crippen LogP contribution in [0.1, 0.15) is 18.9 Å². The first-order chi connectivity index (χ1) is 9.70. The van der Waals surface area contributed by atoms with E-state index >= 15 is 0 Å². The molecule has 0 bridgehead atoms. The van der Waals surface area contributed by atoms with Gasteiger partial charge >= 0.3 is 0 Å². The van der Waals surface area contributed by atoms with Crippen LogP contribution in [0.3, 0.4) is 0 Å². The Morgan fingerprint density at radius 2 is 1.90 bits per heavy atom. The van der Waals surface area contributed by atoms with Gasteiger partial charge in [0.25, 0.3) is 0 Å². The molecule has 4 heteroatoms. The van der Waals surface area contributed by atoms with E-state index in [4.69, 9.17) is 16.3 Å². The Balaban J connectivity index is 2.01. The van der Waals surface area contributed by atoms with Crippen molar-refractivity contribution in [1.82, 2.24) is 5.32 Å². The molecule has 106 valence electrons. The van der Waals surface area contributed by atoms with Gasteiger partial charge in [0.1, 0.15) is 5.75 Å². The minimum absolute atomic E-state index is 0.0582. The molecule has 0 aliphatic carbocycles. The molecule has 0 fully saturated rings. The van der Waals surface area contributed by atoms with Crippen molar-refractivity contribution in [2.24, 2.45) is 0 Å². The fourth-order valence-electron chi connectivity index (χ4n) is 1.77. The van der Waals surface area contributed by atoms with Crippen LogP contribution >= 0.6 is 11.6 Å². The van der Waals surface area contributed by atoms with E-state index in [1.54, 1.807) is 12.1 Å². The molecule has 0 saturated heterocycles. The van der Waals surface area contributed by atoms with Crippen LogP contribution in [0.4, 0.5) is 4.39 Å². The summed E-state index contributed by atoms with van der Waals surface area (Å²) in [7, 11) is 0. The van der Waals surface area contributed by atoms with Gasteiger partial charge < -0.3 is 10.1 Å². The van der Waals surface area contributed by atoms with Gasteiger partial charge in [0, 0.05) is 6.54 Å². The van der Waals surface area contributed by atoms with E-state index in [1.807, 2.05) is 24.3 Å². The molecular weight excluding hydrogens is 277 g/mol. The van der Waals surface area contributed by atoms with Crippen molar-refractivity contribution in [2.75, 3.05) is 6.54 Å². The molecule has 0 unspecified atom stereocenters. The average Bonchev–Trinajstić information content (AvgIpc) is 2.46. The van der Waals surface area contributed by atoms with E-state index in [1.165, 1.54) is 6.07 Å². The largest absolute Gasteiger partial charge is 0.454 e. The molecular formula is C16H17ClFNO. The lowest BCUT2D eigenvalue weighted by molar-refractivity contribution is 0.442. The number of halogens is 2. The van der Waals surface area contributed by atoms with Crippen LogP contribution in [0, 0.1) is 5.82 Å². The molecule has 20 heavy (non-hydrogen) atoms. The summed E-state index contributed by atoms with van der Waals surface area (Å²) < 4.78 is 19.2. The van der Waals surface area contributed by atoms with Gasteiger partial charge in [-0.2, -0.15) is 0 Å². The summed E-state index contributed by atoms with van der Waals surface area (Å²) in [6.45, 7) is 3.94. The van der Waals surface area contributed by atoms with E-state index < -0.39 is 5.82 Å². The van der Waals surface area contributed by atoms with Crippen molar-refractivity contribution in [1.29, 1.82) is 0 Å². The molecule has 2 rings (SSSR count). The number of hydrogen-bond acceptors (Lipinski definition) is 2. The molecule has 0 aliphatic heterocycles. The van der Waals surface area contributed by atoms with E-state index in [-0.39, 0.29) is 10.8 Å². The third-order valence-corrected chi connectivity index (χ3v) is 3.12. The highest BCUT2D eigenvalue weighted by Crippen LogP contribution is 2.28. The van der Waals surface area contributed by atoms with Gasteiger partial charge in [-0.1, -0.05) is 36.7 Å². The van der Waals surface area contributed by atoms with E-state index in [0.29, 0.717) is 5.75 Å². The normalized spacial score (nSPS) is 10.6. The molecule has 2 aromatic carbocycles. The lowest BCUT2D eigenvalue weighted by Crippen LogP contribution is -2.13.